The number of carbonyl (C=O) groups excluding carboxylic acids is 2. The lowest BCUT2D eigenvalue weighted by Crippen LogP contribution is -2.53. The molecule has 36 heavy (non-hydrogen) atoms. The highest BCUT2D eigenvalue weighted by atomic mass is 32.2. The predicted molar refractivity (Wildman–Crippen MR) is 133 cm³/mol. The van der Waals surface area contributed by atoms with Crippen molar-refractivity contribution in [1.29, 1.82) is 5.26 Å². The van der Waals surface area contributed by atoms with Gasteiger partial charge in [0.15, 0.2) is 0 Å². The first-order valence-electron chi connectivity index (χ1n) is 11.7. The molecule has 4 rings (SSSR count). The maximum Gasteiger partial charge on any atom is 0.270 e. The molecule has 2 aliphatic rings. The van der Waals surface area contributed by atoms with E-state index in [4.69, 9.17) is 5.26 Å². The van der Waals surface area contributed by atoms with Crippen molar-refractivity contribution >= 4 is 21.8 Å². The van der Waals surface area contributed by atoms with Crippen LogP contribution in [0.15, 0.2) is 41.2 Å². The van der Waals surface area contributed by atoms with Gasteiger partial charge in [0.05, 0.1) is 11.6 Å². The molecular formula is C25H29N5O5S. The average Bonchev–Trinajstić information content (AvgIpc) is 3.60. The van der Waals surface area contributed by atoms with Crippen LogP contribution in [-0.4, -0.2) is 53.1 Å². The largest absolute Gasteiger partial charge is 0.348 e. The molecule has 1 saturated carbocycles. The van der Waals surface area contributed by atoms with Gasteiger partial charge in [0.2, 0.25) is 10.0 Å². The van der Waals surface area contributed by atoms with E-state index in [9.17, 15) is 22.8 Å². The Morgan fingerprint density at radius 1 is 1.08 bits per heavy atom. The zero-order valence-corrected chi connectivity index (χ0v) is 21.3. The van der Waals surface area contributed by atoms with Crippen molar-refractivity contribution in [3.8, 4) is 6.07 Å². The van der Waals surface area contributed by atoms with Crippen LogP contribution in [0.25, 0.3) is 0 Å². The Morgan fingerprint density at radius 2 is 1.75 bits per heavy atom. The quantitative estimate of drug-likeness (QED) is 0.575. The highest BCUT2D eigenvalue weighted by molar-refractivity contribution is 7.91. The number of hydrogen-bond acceptors (Lipinski definition) is 6. The number of aromatic nitrogens is 1. The van der Waals surface area contributed by atoms with Gasteiger partial charge in [-0.05, 0) is 63.4 Å². The van der Waals surface area contributed by atoms with Crippen LogP contribution in [0.1, 0.15) is 65.6 Å². The molecule has 11 heteroatoms. The lowest BCUT2D eigenvalue weighted by molar-refractivity contribution is 0.0694. The zero-order chi connectivity index (χ0) is 26.3. The molecule has 0 radical (unpaired) electrons. The van der Waals surface area contributed by atoms with E-state index in [1.54, 1.807) is 45.0 Å². The standard InChI is InChI=1S/C25H29N5O5S/c1-24(2,3)28-36(34,35)25(10-11-25)16-29-12-13-30-20(23(29)33)9-8-19(22(30)32)21(31)27-15-18-6-4-17(14-26)5-7-18/h4-9,28H,10-13,15-16H2,1-3H3,(H,27,31). The molecule has 2 aromatic rings. The minimum Gasteiger partial charge on any atom is -0.348 e. The number of hydrogen-bond donors (Lipinski definition) is 2. The Morgan fingerprint density at radius 3 is 2.33 bits per heavy atom. The normalized spacial score (nSPS) is 16.7. The Balaban J connectivity index is 1.47. The molecule has 1 fully saturated rings. The van der Waals surface area contributed by atoms with Crippen molar-refractivity contribution < 1.29 is 18.0 Å². The first kappa shape index (κ1) is 25.6. The number of rotatable bonds is 7. The van der Waals surface area contributed by atoms with Gasteiger partial charge in [-0.2, -0.15) is 5.26 Å². The molecular weight excluding hydrogens is 482 g/mol. The molecule has 1 aromatic carbocycles. The van der Waals surface area contributed by atoms with Crippen molar-refractivity contribution in [3.63, 3.8) is 0 Å². The van der Waals surface area contributed by atoms with Crippen molar-refractivity contribution in [2.75, 3.05) is 13.1 Å². The van der Waals surface area contributed by atoms with Gasteiger partial charge in [0.25, 0.3) is 17.4 Å². The van der Waals surface area contributed by atoms with Crippen molar-refractivity contribution in [2.24, 2.45) is 0 Å². The highest BCUT2D eigenvalue weighted by Gasteiger charge is 2.57. The molecule has 190 valence electrons. The molecule has 2 amide bonds. The summed E-state index contributed by atoms with van der Waals surface area (Å²) in [4.78, 5) is 40.3. The second-order valence-corrected chi connectivity index (χ2v) is 12.4. The van der Waals surface area contributed by atoms with Gasteiger partial charge in [-0.3, -0.25) is 14.4 Å². The van der Waals surface area contributed by atoms with E-state index in [0.29, 0.717) is 18.4 Å². The minimum atomic E-state index is -3.65. The van der Waals surface area contributed by atoms with E-state index >= 15 is 0 Å². The van der Waals surface area contributed by atoms with E-state index in [1.165, 1.54) is 21.6 Å². The van der Waals surface area contributed by atoms with Crippen molar-refractivity contribution in [1.82, 2.24) is 19.5 Å². The van der Waals surface area contributed by atoms with E-state index in [0.717, 1.165) is 5.56 Å². The molecule has 0 saturated heterocycles. The fourth-order valence-electron chi connectivity index (χ4n) is 4.28. The van der Waals surface area contributed by atoms with Gasteiger partial charge >= 0.3 is 0 Å². The smallest absolute Gasteiger partial charge is 0.270 e. The summed E-state index contributed by atoms with van der Waals surface area (Å²) in [5.74, 6) is -0.994. The van der Waals surface area contributed by atoms with Gasteiger partial charge in [0.1, 0.15) is 16.0 Å². The fourth-order valence-corrected chi connectivity index (χ4v) is 6.27. The Hall–Kier alpha value is -3.49. The van der Waals surface area contributed by atoms with Crippen LogP contribution in [-0.2, 0) is 23.1 Å². The van der Waals surface area contributed by atoms with Gasteiger partial charge in [-0.15, -0.1) is 0 Å². The molecule has 1 aliphatic carbocycles. The van der Waals surface area contributed by atoms with Crippen LogP contribution < -0.4 is 15.6 Å². The Labute approximate surface area is 210 Å². The van der Waals surface area contributed by atoms with Gasteiger partial charge in [-0.1, -0.05) is 12.1 Å². The minimum absolute atomic E-state index is 0.0538. The van der Waals surface area contributed by atoms with Crippen LogP contribution >= 0.6 is 0 Å². The number of benzene rings is 1. The second-order valence-electron chi connectivity index (χ2n) is 10.3. The number of amides is 2. The highest BCUT2D eigenvalue weighted by Crippen LogP contribution is 2.44. The first-order valence-corrected chi connectivity index (χ1v) is 13.2. The number of pyridine rings is 1. The number of nitriles is 1. The van der Waals surface area contributed by atoms with Gasteiger partial charge in [-0.25, -0.2) is 13.1 Å². The number of carbonyl (C=O) groups is 2. The molecule has 0 atom stereocenters. The van der Waals surface area contributed by atoms with Crippen LogP contribution in [0.5, 0.6) is 0 Å². The molecule has 1 aliphatic heterocycles. The van der Waals surface area contributed by atoms with Crippen LogP contribution in [0.2, 0.25) is 0 Å². The zero-order valence-electron chi connectivity index (χ0n) is 20.5. The average molecular weight is 512 g/mol. The van der Waals surface area contributed by atoms with E-state index in [2.05, 4.69) is 10.0 Å². The summed E-state index contributed by atoms with van der Waals surface area (Å²) in [5, 5.41) is 11.6. The maximum absolute atomic E-state index is 13.2. The number of fused-ring (bicyclic) bond motifs is 1. The molecule has 0 bridgehead atoms. The molecule has 1 aromatic heterocycles. The van der Waals surface area contributed by atoms with Crippen LogP contribution in [0.3, 0.4) is 0 Å². The number of sulfonamides is 1. The third-order valence-corrected chi connectivity index (χ3v) is 8.91. The first-order chi connectivity index (χ1) is 16.9. The molecule has 0 spiro atoms. The van der Waals surface area contributed by atoms with E-state index in [-0.39, 0.29) is 37.4 Å². The van der Waals surface area contributed by atoms with E-state index in [1.807, 2.05) is 6.07 Å². The molecule has 10 nitrogen and oxygen atoms in total. The SMILES string of the molecule is CC(C)(C)NS(=O)(=O)C1(CN2CCn3c(ccc(C(=O)NCc4ccc(C#N)cc4)c3=O)C2=O)CC1. The molecule has 2 heterocycles. The Kier molecular flexibility index (Phi) is 6.53. The Bertz CT molecular complexity index is 1410. The summed E-state index contributed by atoms with van der Waals surface area (Å²) < 4.78 is 28.9. The summed E-state index contributed by atoms with van der Waals surface area (Å²) in [6, 6.07) is 11.5. The lowest BCUT2D eigenvalue weighted by Gasteiger charge is -2.33. The van der Waals surface area contributed by atoms with Crippen LogP contribution in [0, 0.1) is 11.3 Å². The van der Waals surface area contributed by atoms with Gasteiger partial charge in [0, 0.05) is 31.7 Å². The topological polar surface area (TPSA) is 141 Å². The summed E-state index contributed by atoms with van der Waals surface area (Å²) >= 11 is 0. The fraction of sp³-hybridized carbons (Fsp3) is 0.440. The third kappa shape index (κ3) is 5.05. The number of nitrogens with one attached hydrogen (secondary N) is 2. The summed E-state index contributed by atoms with van der Waals surface area (Å²) in [5.41, 5.74) is 0.137. The predicted octanol–water partition coefficient (Wildman–Crippen LogP) is 1.36. The third-order valence-electron chi connectivity index (χ3n) is 6.35. The lowest BCUT2D eigenvalue weighted by atomic mass is 10.1. The summed E-state index contributed by atoms with van der Waals surface area (Å²) in [7, 11) is -3.65. The maximum atomic E-state index is 13.2. The summed E-state index contributed by atoms with van der Waals surface area (Å²) in [6.07, 6.45) is 0.931. The molecule has 0 unspecified atom stereocenters. The van der Waals surface area contributed by atoms with Crippen molar-refractivity contribution in [2.45, 2.75) is 57.0 Å². The second kappa shape index (κ2) is 9.19. The van der Waals surface area contributed by atoms with Crippen LogP contribution in [0.4, 0.5) is 0 Å². The number of nitrogens with zero attached hydrogens (tertiary/aromatic N) is 3. The van der Waals surface area contributed by atoms with Gasteiger partial charge < -0.3 is 14.8 Å². The molecule has 2 N–H and O–H groups in total. The monoisotopic (exact) mass is 511 g/mol. The van der Waals surface area contributed by atoms with E-state index < -0.39 is 37.7 Å². The summed E-state index contributed by atoms with van der Waals surface area (Å²) in [6.45, 7) is 5.89. The van der Waals surface area contributed by atoms with Crippen molar-refractivity contribution in [3.05, 3.63) is 69.1 Å².